The lowest BCUT2D eigenvalue weighted by molar-refractivity contribution is 0.394. The molecular weight excluding hydrogens is 198 g/mol. The van der Waals surface area contributed by atoms with Crippen LogP contribution < -0.4 is 10.1 Å². The van der Waals surface area contributed by atoms with Crippen molar-refractivity contribution in [1.29, 1.82) is 0 Å². The molecule has 1 atom stereocenters. The first kappa shape index (κ1) is 11.5. The maximum Gasteiger partial charge on any atom is 0.122 e. The largest absolute Gasteiger partial charge is 0.496 e. The SMILES string of the molecule is COc1cccc(CC2CCCCN2)c1C. The Kier molecular flexibility index (Phi) is 3.83. The van der Waals surface area contributed by atoms with Gasteiger partial charge >= 0.3 is 0 Å². The van der Waals surface area contributed by atoms with Crippen LogP contribution in [0, 0.1) is 6.92 Å². The normalized spacial score (nSPS) is 20.8. The Morgan fingerprint density at radius 3 is 2.94 bits per heavy atom. The molecule has 1 aliphatic heterocycles. The Hall–Kier alpha value is -1.02. The van der Waals surface area contributed by atoms with Crippen molar-refractivity contribution in [2.75, 3.05) is 13.7 Å². The van der Waals surface area contributed by atoms with Crippen molar-refractivity contribution in [2.45, 2.75) is 38.6 Å². The molecule has 0 bridgehead atoms. The third-order valence-corrected chi connectivity index (χ3v) is 3.49. The van der Waals surface area contributed by atoms with Crippen LogP contribution in [-0.4, -0.2) is 19.7 Å². The molecule has 1 heterocycles. The molecule has 0 spiro atoms. The zero-order valence-corrected chi connectivity index (χ0v) is 10.3. The molecule has 1 N–H and O–H groups in total. The summed E-state index contributed by atoms with van der Waals surface area (Å²) in [6.07, 6.45) is 5.12. The van der Waals surface area contributed by atoms with Crippen LogP contribution in [0.3, 0.4) is 0 Å². The molecule has 1 fully saturated rings. The highest BCUT2D eigenvalue weighted by Gasteiger charge is 2.14. The van der Waals surface area contributed by atoms with Gasteiger partial charge in [-0.2, -0.15) is 0 Å². The van der Waals surface area contributed by atoms with E-state index in [1.54, 1.807) is 7.11 Å². The van der Waals surface area contributed by atoms with Crippen LogP contribution in [0.4, 0.5) is 0 Å². The summed E-state index contributed by atoms with van der Waals surface area (Å²) in [6.45, 7) is 3.32. The molecule has 2 rings (SSSR count). The molecule has 1 aromatic carbocycles. The van der Waals surface area contributed by atoms with E-state index >= 15 is 0 Å². The monoisotopic (exact) mass is 219 g/mol. The van der Waals surface area contributed by atoms with Crippen molar-refractivity contribution < 1.29 is 4.74 Å². The number of methoxy groups -OCH3 is 1. The van der Waals surface area contributed by atoms with E-state index in [4.69, 9.17) is 4.74 Å². The second-order valence-electron chi connectivity index (χ2n) is 4.60. The predicted molar refractivity (Wildman–Crippen MR) is 67.1 cm³/mol. The first-order valence-corrected chi connectivity index (χ1v) is 6.17. The lowest BCUT2D eigenvalue weighted by Crippen LogP contribution is -2.35. The second-order valence-corrected chi connectivity index (χ2v) is 4.60. The summed E-state index contributed by atoms with van der Waals surface area (Å²) >= 11 is 0. The van der Waals surface area contributed by atoms with Crippen LogP contribution in [0.15, 0.2) is 18.2 Å². The summed E-state index contributed by atoms with van der Waals surface area (Å²) in [6, 6.07) is 6.99. The maximum absolute atomic E-state index is 5.35. The van der Waals surface area contributed by atoms with Crippen LogP contribution >= 0.6 is 0 Å². The smallest absolute Gasteiger partial charge is 0.122 e. The Labute approximate surface area is 98.0 Å². The van der Waals surface area contributed by atoms with Gasteiger partial charge < -0.3 is 10.1 Å². The van der Waals surface area contributed by atoms with Crippen molar-refractivity contribution in [2.24, 2.45) is 0 Å². The zero-order chi connectivity index (χ0) is 11.4. The molecule has 2 heteroatoms. The molecule has 1 unspecified atom stereocenters. The Morgan fingerprint density at radius 2 is 2.25 bits per heavy atom. The number of rotatable bonds is 3. The Morgan fingerprint density at radius 1 is 1.38 bits per heavy atom. The van der Waals surface area contributed by atoms with Gasteiger partial charge in [0.25, 0.3) is 0 Å². The van der Waals surface area contributed by atoms with E-state index in [1.165, 1.54) is 36.9 Å². The third-order valence-electron chi connectivity index (χ3n) is 3.49. The number of piperidine rings is 1. The van der Waals surface area contributed by atoms with E-state index in [9.17, 15) is 0 Å². The molecule has 0 radical (unpaired) electrons. The van der Waals surface area contributed by atoms with E-state index in [0.29, 0.717) is 6.04 Å². The predicted octanol–water partition coefficient (Wildman–Crippen LogP) is 2.69. The summed E-state index contributed by atoms with van der Waals surface area (Å²) in [4.78, 5) is 0. The van der Waals surface area contributed by atoms with E-state index in [2.05, 4.69) is 24.4 Å². The summed E-state index contributed by atoms with van der Waals surface area (Å²) < 4.78 is 5.35. The average Bonchev–Trinajstić information content (AvgIpc) is 2.33. The number of nitrogens with one attached hydrogen (secondary N) is 1. The maximum atomic E-state index is 5.35. The molecule has 1 aromatic rings. The van der Waals surface area contributed by atoms with Gasteiger partial charge in [0.1, 0.15) is 5.75 Å². The number of hydrogen-bond acceptors (Lipinski definition) is 2. The minimum absolute atomic E-state index is 0.652. The van der Waals surface area contributed by atoms with E-state index in [1.807, 2.05) is 6.07 Å². The molecule has 0 saturated carbocycles. The highest BCUT2D eigenvalue weighted by molar-refractivity contribution is 5.39. The van der Waals surface area contributed by atoms with Crippen molar-refractivity contribution in [1.82, 2.24) is 5.32 Å². The second kappa shape index (κ2) is 5.35. The van der Waals surface area contributed by atoms with Gasteiger partial charge in [-0.1, -0.05) is 18.6 Å². The number of benzene rings is 1. The Bertz CT molecular complexity index is 343. The van der Waals surface area contributed by atoms with Crippen molar-refractivity contribution in [3.05, 3.63) is 29.3 Å². The van der Waals surface area contributed by atoms with Crippen LogP contribution in [-0.2, 0) is 6.42 Å². The van der Waals surface area contributed by atoms with E-state index in [-0.39, 0.29) is 0 Å². The molecule has 16 heavy (non-hydrogen) atoms. The highest BCUT2D eigenvalue weighted by atomic mass is 16.5. The third kappa shape index (κ3) is 2.56. The summed E-state index contributed by atoms with van der Waals surface area (Å²) in [7, 11) is 1.74. The molecule has 0 aromatic heterocycles. The fourth-order valence-electron chi connectivity index (χ4n) is 2.47. The first-order valence-electron chi connectivity index (χ1n) is 6.17. The van der Waals surface area contributed by atoms with Crippen LogP contribution in [0.2, 0.25) is 0 Å². The zero-order valence-electron chi connectivity index (χ0n) is 10.3. The topological polar surface area (TPSA) is 21.3 Å². The number of ether oxygens (including phenoxy) is 1. The van der Waals surface area contributed by atoms with Crippen molar-refractivity contribution in [3.63, 3.8) is 0 Å². The van der Waals surface area contributed by atoms with Gasteiger partial charge in [0.2, 0.25) is 0 Å². The molecule has 88 valence electrons. The summed E-state index contributed by atoms with van der Waals surface area (Å²) in [5.74, 6) is 1.01. The van der Waals surface area contributed by atoms with Gasteiger partial charge in [-0.15, -0.1) is 0 Å². The summed E-state index contributed by atoms with van der Waals surface area (Å²) in [5.41, 5.74) is 2.70. The Balaban J connectivity index is 2.08. The summed E-state index contributed by atoms with van der Waals surface area (Å²) in [5, 5.41) is 3.59. The first-order chi connectivity index (χ1) is 7.81. The standard InChI is InChI=1S/C14H21NO/c1-11-12(6-5-8-14(11)16-2)10-13-7-3-4-9-15-13/h5-6,8,13,15H,3-4,7,9-10H2,1-2H3. The van der Waals surface area contributed by atoms with Gasteiger partial charge in [-0.05, 0) is 49.9 Å². The van der Waals surface area contributed by atoms with Crippen molar-refractivity contribution in [3.8, 4) is 5.75 Å². The fourth-order valence-corrected chi connectivity index (χ4v) is 2.47. The van der Waals surface area contributed by atoms with Gasteiger partial charge in [-0.25, -0.2) is 0 Å². The van der Waals surface area contributed by atoms with E-state index in [0.717, 1.165) is 12.2 Å². The lowest BCUT2D eigenvalue weighted by atomic mass is 9.95. The fraction of sp³-hybridized carbons (Fsp3) is 0.571. The molecule has 0 aliphatic carbocycles. The average molecular weight is 219 g/mol. The van der Waals surface area contributed by atoms with E-state index < -0.39 is 0 Å². The molecule has 0 amide bonds. The van der Waals surface area contributed by atoms with Gasteiger partial charge in [-0.3, -0.25) is 0 Å². The highest BCUT2D eigenvalue weighted by Crippen LogP contribution is 2.23. The quantitative estimate of drug-likeness (QED) is 0.844. The van der Waals surface area contributed by atoms with Gasteiger partial charge in [0.15, 0.2) is 0 Å². The molecular formula is C14H21NO. The molecule has 1 saturated heterocycles. The van der Waals surface area contributed by atoms with Crippen LogP contribution in [0.25, 0.3) is 0 Å². The van der Waals surface area contributed by atoms with Crippen LogP contribution in [0.5, 0.6) is 5.75 Å². The minimum Gasteiger partial charge on any atom is -0.496 e. The van der Waals surface area contributed by atoms with Gasteiger partial charge in [0.05, 0.1) is 7.11 Å². The van der Waals surface area contributed by atoms with Crippen molar-refractivity contribution >= 4 is 0 Å². The van der Waals surface area contributed by atoms with Crippen LogP contribution in [0.1, 0.15) is 30.4 Å². The lowest BCUT2D eigenvalue weighted by Gasteiger charge is -2.24. The molecule has 1 aliphatic rings. The molecule has 2 nitrogen and oxygen atoms in total. The minimum atomic E-state index is 0.652. The van der Waals surface area contributed by atoms with Gasteiger partial charge in [0, 0.05) is 6.04 Å². The number of hydrogen-bond donors (Lipinski definition) is 1.